The highest BCUT2D eigenvalue weighted by Crippen LogP contribution is 2.27. The molecule has 0 fully saturated rings. The van der Waals surface area contributed by atoms with E-state index >= 15 is 0 Å². The molecule has 1 rings (SSSR count). The van der Waals surface area contributed by atoms with Crippen LogP contribution in [-0.4, -0.2) is 23.0 Å². The van der Waals surface area contributed by atoms with Crippen LogP contribution >= 0.6 is 11.5 Å². The third-order valence-corrected chi connectivity index (χ3v) is 4.09. The molecule has 1 N–H and O–H groups in total. The van der Waals surface area contributed by atoms with Crippen LogP contribution in [0.2, 0.25) is 0 Å². The Bertz CT molecular complexity index is 418. The number of ether oxygens (including phenoxy) is 1. The van der Waals surface area contributed by atoms with Crippen molar-refractivity contribution in [1.82, 2.24) is 4.37 Å². The lowest BCUT2D eigenvalue weighted by Gasteiger charge is -2.18. The van der Waals surface area contributed by atoms with Gasteiger partial charge in [0.05, 0.1) is 12.3 Å². The molecule has 1 atom stereocenters. The van der Waals surface area contributed by atoms with Gasteiger partial charge in [-0.15, -0.1) is 0 Å². The summed E-state index contributed by atoms with van der Waals surface area (Å²) in [5.41, 5.74) is 1.36. The van der Waals surface area contributed by atoms with Gasteiger partial charge in [-0.2, -0.15) is 4.37 Å². The van der Waals surface area contributed by atoms with Crippen molar-refractivity contribution in [1.29, 1.82) is 0 Å². The number of esters is 1. The van der Waals surface area contributed by atoms with Gasteiger partial charge in [0.15, 0.2) is 0 Å². The minimum Gasteiger partial charge on any atom is -0.462 e. The van der Waals surface area contributed by atoms with Crippen LogP contribution in [-0.2, 0) is 4.74 Å². The van der Waals surface area contributed by atoms with Gasteiger partial charge in [0.1, 0.15) is 10.6 Å². The number of anilines is 1. The molecule has 0 amide bonds. The highest BCUT2D eigenvalue weighted by atomic mass is 32.1. The first-order valence-corrected chi connectivity index (χ1v) is 8.31. The van der Waals surface area contributed by atoms with Crippen LogP contribution < -0.4 is 5.32 Å². The van der Waals surface area contributed by atoms with Gasteiger partial charge in [0.25, 0.3) is 0 Å². The number of hydrogen-bond donors (Lipinski definition) is 1. The summed E-state index contributed by atoms with van der Waals surface area (Å²) in [5, 5.41) is 4.36. The molecule has 1 heterocycles. The summed E-state index contributed by atoms with van der Waals surface area (Å²) in [4.78, 5) is 12.0. The maximum absolute atomic E-state index is 12.0. The number of nitrogens with zero attached hydrogens (tertiary/aromatic N) is 1. The number of nitrogens with one attached hydrogen (secondary N) is 1. The van der Waals surface area contributed by atoms with E-state index in [1.165, 1.54) is 24.4 Å². The van der Waals surface area contributed by atoms with Gasteiger partial charge in [0.2, 0.25) is 0 Å². The summed E-state index contributed by atoms with van der Waals surface area (Å²) in [5.74, 6) is -0.271. The minimum atomic E-state index is -0.271. The largest absolute Gasteiger partial charge is 0.462 e. The van der Waals surface area contributed by atoms with E-state index in [-0.39, 0.29) is 5.97 Å². The fourth-order valence-corrected chi connectivity index (χ4v) is 3.05. The zero-order chi connectivity index (χ0) is 15.0. The molecule has 0 bridgehead atoms. The number of rotatable bonds is 9. The summed E-state index contributed by atoms with van der Waals surface area (Å²) < 4.78 is 9.41. The first-order chi connectivity index (χ1) is 9.63. The van der Waals surface area contributed by atoms with Crippen LogP contribution in [0.1, 0.15) is 68.9 Å². The van der Waals surface area contributed by atoms with E-state index in [0.717, 1.165) is 30.0 Å². The van der Waals surface area contributed by atoms with Crippen molar-refractivity contribution in [2.75, 3.05) is 11.9 Å². The van der Waals surface area contributed by atoms with E-state index in [4.69, 9.17) is 4.74 Å². The summed E-state index contributed by atoms with van der Waals surface area (Å²) in [6, 6.07) is 0.410. The minimum absolute atomic E-state index is 0.271. The van der Waals surface area contributed by atoms with E-state index in [9.17, 15) is 4.79 Å². The zero-order valence-corrected chi connectivity index (χ0v) is 13.8. The summed E-state index contributed by atoms with van der Waals surface area (Å²) >= 11 is 1.36. The SMILES string of the molecule is CCCCC(CCC)Nc1snc(C)c1C(=O)OCC. The van der Waals surface area contributed by atoms with E-state index in [2.05, 4.69) is 23.5 Å². The molecule has 20 heavy (non-hydrogen) atoms. The lowest BCUT2D eigenvalue weighted by molar-refractivity contribution is 0.0527. The number of unbranched alkanes of at least 4 members (excludes halogenated alkanes) is 1. The van der Waals surface area contributed by atoms with E-state index < -0.39 is 0 Å². The van der Waals surface area contributed by atoms with Gasteiger partial charge >= 0.3 is 5.97 Å². The van der Waals surface area contributed by atoms with Crippen molar-refractivity contribution < 1.29 is 9.53 Å². The van der Waals surface area contributed by atoms with Crippen molar-refractivity contribution >= 4 is 22.5 Å². The van der Waals surface area contributed by atoms with E-state index in [1.807, 2.05) is 13.8 Å². The molecule has 0 spiro atoms. The average Bonchev–Trinajstić information content (AvgIpc) is 2.77. The fourth-order valence-electron chi connectivity index (χ4n) is 2.18. The lowest BCUT2D eigenvalue weighted by atomic mass is 10.1. The number of carbonyl (C=O) groups excluding carboxylic acids is 1. The molecule has 0 aliphatic carbocycles. The molecular weight excluding hydrogens is 272 g/mol. The Labute approximate surface area is 126 Å². The Morgan fingerprint density at radius 3 is 2.65 bits per heavy atom. The smallest absolute Gasteiger partial charge is 0.343 e. The second kappa shape index (κ2) is 8.95. The fraction of sp³-hybridized carbons (Fsp3) is 0.733. The molecular formula is C15H26N2O2S. The van der Waals surface area contributed by atoms with Crippen LogP contribution in [0.3, 0.4) is 0 Å². The van der Waals surface area contributed by atoms with Crippen LogP contribution in [0.25, 0.3) is 0 Å². The van der Waals surface area contributed by atoms with Gasteiger partial charge in [-0.1, -0.05) is 33.1 Å². The lowest BCUT2D eigenvalue weighted by Crippen LogP contribution is -2.20. The molecule has 0 aliphatic rings. The molecule has 1 unspecified atom stereocenters. The Morgan fingerprint density at radius 2 is 2.05 bits per heavy atom. The highest BCUT2D eigenvalue weighted by Gasteiger charge is 2.21. The number of hydrogen-bond acceptors (Lipinski definition) is 5. The van der Waals surface area contributed by atoms with Gasteiger partial charge in [0, 0.05) is 6.04 Å². The quantitative estimate of drug-likeness (QED) is 0.687. The summed E-state index contributed by atoms with van der Waals surface area (Å²) in [6.07, 6.45) is 5.76. The van der Waals surface area contributed by atoms with Crippen LogP contribution in [0, 0.1) is 6.92 Å². The van der Waals surface area contributed by atoms with Crippen molar-refractivity contribution in [3.8, 4) is 0 Å². The van der Waals surface area contributed by atoms with Crippen molar-refractivity contribution in [2.24, 2.45) is 0 Å². The molecule has 114 valence electrons. The normalized spacial score (nSPS) is 12.2. The van der Waals surface area contributed by atoms with E-state index in [1.54, 1.807) is 0 Å². The first-order valence-electron chi connectivity index (χ1n) is 7.53. The van der Waals surface area contributed by atoms with Gasteiger partial charge in [-0.3, -0.25) is 0 Å². The number of aromatic nitrogens is 1. The average molecular weight is 298 g/mol. The molecule has 0 saturated heterocycles. The molecule has 0 radical (unpaired) electrons. The molecule has 5 heteroatoms. The van der Waals surface area contributed by atoms with Gasteiger partial charge in [-0.25, -0.2) is 4.79 Å². The monoisotopic (exact) mass is 298 g/mol. The topological polar surface area (TPSA) is 51.2 Å². The van der Waals surface area contributed by atoms with Crippen molar-refractivity contribution in [3.63, 3.8) is 0 Å². The zero-order valence-electron chi connectivity index (χ0n) is 13.0. The van der Waals surface area contributed by atoms with Crippen LogP contribution in [0.5, 0.6) is 0 Å². The molecule has 4 nitrogen and oxygen atoms in total. The maximum atomic E-state index is 12.0. The third kappa shape index (κ3) is 4.78. The van der Waals surface area contributed by atoms with Crippen molar-refractivity contribution in [2.45, 2.75) is 65.8 Å². The number of aryl methyl sites for hydroxylation is 1. The molecule has 1 aromatic rings. The third-order valence-electron chi connectivity index (χ3n) is 3.22. The number of carbonyl (C=O) groups is 1. The molecule has 1 aromatic heterocycles. The summed E-state index contributed by atoms with van der Waals surface area (Å²) in [6.45, 7) is 8.45. The Hall–Kier alpha value is -1.10. The molecule has 0 saturated carbocycles. The molecule has 0 aliphatic heterocycles. The maximum Gasteiger partial charge on any atom is 0.343 e. The van der Waals surface area contributed by atoms with Gasteiger partial charge in [-0.05, 0) is 38.2 Å². The van der Waals surface area contributed by atoms with E-state index in [0.29, 0.717) is 18.2 Å². The molecule has 0 aromatic carbocycles. The second-order valence-electron chi connectivity index (χ2n) is 4.96. The van der Waals surface area contributed by atoms with Crippen molar-refractivity contribution in [3.05, 3.63) is 11.3 Å². The second-order valence-corrected chi connectivity index (χ2v) is 5.74. The summed E-state index contributed by atoms with van der Waals surface area (Å²) in [7, 11) is 0. The standard InChI is InChI=1S/C15H26N2O2S/c1-5-8-10-12(9-6-2)16-14-13(11(4)17-20-14)15(18)19-7-3/h12,16H,5-10H2,1-4H3. The Morgan fingerprint density at radius 1 is 1.30 bits per heavy atom. The van der Waals surface area contributed by atoms with Gasteiger partial charge < -0.3 is 10.1 Å². The predicted molar refractivity (Wildman–Crippen MR) is 84.7 cm³/mol. The highest BCUT2D eigenvalue weighted by molar-refractivity contribution is 7.10. The van der Waals surface area contributed by atoms with Crippen LogP contribution in [0.4, 0.5) is 5.00 Å². The Balaban J connectivity index is 2.81. The predicted octanol–water partition coefficient (Wildman–Crippen LogP) is 4.40. The Kier molecular flexibility index (Phi) is 7.59. The first kappa shape index (κ1) is 17.0. The van der Waals surface area contributed by atoms with Crippen LogP contribution in [0.15, 0.2) is 0 Å².